The molecular weight excluding hydrogens is 176 g/mol. The molecule has 0 saturated carbocycles. The zero-order chi connectivity index (χ0) is 10.0. The number of aromatic hydroxyl groups is 1. The van der Waals surface area contributed by atoms with Crippen LogP contribution in [0.5, 0.6) is 5.75 Å². The normalized spacial score (nSPS) is 12.9. The minimum absolute atomic E-state index is 0.185. The second-order valence-corrected chi connectivity index (χ2v) is 3.08. The predicted molar refractivity (Wildman–Crippen MR) is 45.4 cm³/mol. The molecule has 1 aromatic carbocycles. The van der Waals surface area contributed by atoms with Crippen molar-refractivity contribution in [2.75, 3.05) is 0 Å². The fourth-order valence-electron chi connectivity index (χ4n) is 1.08. The van der Waals surface area contributed by atoms with Gasteiger partial charge in [0.05, 0.1) is 0 Å². The first-order valence-corrected chi connectivity index (χ1v) is 3.93. The zero-order valence-electron chi connectivity index (χ0n) is 7.22. The lowest BCUT2D eigenvalue weighted by Gasteiger charge is -2.07. The molecule has 1 unspecified atom stereocenters. The lowest BCUT2D eigenvalue weighted by atomic mass is 10.1. The summed E-state index contributed by atoms with van der Waals surface area (Å²) in [5.41, 5.74) is 5.62. The molecule has 13 heavy (non-hydrogen) atoms. The number of hydrogen-bond acceptors (Lipinski definition) is 2. The minimum Gasteiger partial charge on any atom is -0.505 e. The highest BCUT2D eigenvalue weighted by Gasteiger charge is 2.09. The summed E-state index contributed by atoms with van der Waals surface area (Å²) in [6, 6.07) is 1.49. The van der Waals surface area contributed by atoms with Crippen molar-refractivity contribution in [3.05, 3.63) is 29.3 Å². The lowest BCUT2D eigenvalue weighted by molar-refractivity contribution is 0.424. The van der Waals surface area contributed by atoms with E-state index in [1.54, 1.807) is 6.92 Å². The Bertz CT molecular complexity index is 313. The van der Waals surface area contributed by atoms with Crippen LogP contribution in [0.15, 0.2) is 12.1 Å². The fourth-order valence-corrected chi connectivity index (χ4v) is 1.08. The Kier molecular flexibility index (Phi) is 2.83. The van der Waals surface area contributed by atoms with Crippen molar-refractivity contribution in [2.24, 2.45) is 5.73 Å². The molecule has 0 bridgehead atoms. The first kappa shape index (κ1) is 9.92. The summed E-state index contributed by atoms with van der Waals surface area (Å²) in [6.07, 6.45) is 0.253. The lowest BCUT2D eigenvalue weighted by Crippen LogP contribution is -2.18. The summed E-state index contributed by atoms with van der Waals surface area (Å²) >= 11 is 0. The van der Waals surface area contributed by atoms with Crippen LogP contribution in [-0.2, 0) is 6.42 Å². The predicted octanol–water partition coefficient (Wildman–Crippen LogP) is 1.56. The van der Waals surface area contributed by atoms with Gasteiger partial charge in [0.1, 0.15) is 5.82 Å². The molecule has 1 aromatic rings. The summed E-state index contributed by atoms with van der Waals surface area (Å²) in [4.78, 5) is 0. The van der Waals surface area contributed by atoms with E-state index in [-0.39, 0.29) is 18.0 Å². The van der Waals surface area contributed by atoms with Crippen molar-refractivity contribution in [2.45, 2.75) is 19.4 Å². The van der Waals surface area contributed by atoms with E-state index in [1.807, 2.05) is 0 Å². The van der Waals surface area contributed by atoms with E-state index in [4.69, 9.17) is 10.8 Å². The Hall–Kier alpha value is -1.16. The number of nitrogens with two attached hydrogens (primary N) is 1. The van der Waals surface area contributed by atoms with Gasteiger partial charge in [-0.1, -0.05) is 0 Å². The summed E-state index contributed by atoms with van der Waals surface area (Å²) in [6.45, 7) is 1.70. The van der Waals surface area contributed by atoms with Crippen LogP contribution in [0.1, 0.15) is 12.5 Å². The molecule has 2 nitrogen and oxygen atoms in total. The summed E-state index contributed by atoms with van der Waals surface area (Å²) in [7, 11) is 0. The van der Waals surface area contributed by atoms with Gasteiger partial charge >= 0.3 is 0 Å². The van der Waals surface area contributed by atoms with E-state index in [2.05, 4.69) is 0 Å². The van der Waals surface area contributed by atoms with Crippen LogP contribution in [0.4, 0.5) is 8.78 Å². The second-order valence-electron chi connectivity index (χ2n) is 3.08. The van der Waals surface area contributed by atoms with Gasteiger partial charge in [-0.2, -0.15) is 0 Å². The van der Waals surface area contributed by atoms with Gasteiger partial charge < -0.3 is 10.8 Å². The molecule has 1 atom stereocenters. The van der Waals surface area contributed by atoms with Crippen molar-refractivity contribution < 1.29 is 13.9 Å². The number of halogens is 2. The molecule has 0 aliphatic rings. The quantitative estimate of drug-likeness (QED) is 0.738. The summed E-state index contributed by atoms with van der Waals surface area (Å²) in [5.74, 6) is -2.13. The average Bonchev–Trinajstić information content (AvgIpc) is 1.99. The van der Waals surface area contributed by atoms with Gasteiger partial charge in [0.15, 0.2) is 11.6 Å². The highest BCUT2D eigenvalue weighted by molar-refractivity contribution is 5.30. The molecule has 4 heteroatoms. The summed E-state index contributed by atoms with van der Waals surface area (Å²) in [5, 5.41) is 8.81. The largest absolute Gasteiger partial charge is 0.505 e. The topological polar surface area (TPSA) is 46.2 Å². The molecule has 0 aromatic heterocycles. The number of rotatable bonds is 2. The molecule has 0 aliphatic carbocycles. The van der Waals surface area contributed by atoms with Gasteiger partial charge in [-0.05, 0) is 25.0 Å². The Balaban J connectivity index is 3.01. The maximum Gasteiger partial charge on any atom is 0.165 e. The van der Waals surface area contributed by atoms with E-state index >= 15 is 0 Å². The molecule has 0 saturated heterocycles. The molecule has 1 rings (SSSR count). The molecule has 0 heterocycles. The monoisotopic (exact) mass is 187 g/mol. The summed E-state index contributed by atoms with van der Waals surface area (Å²) < 4.78 is 25.8. The minimum atomic E-state index is -0.822. The van der Waals surface area contributed by atoms with Gasteiger partial charge in [0, 0.05) is 12.1 Å². The van der Waals surface area contributed by atoms with Gasteiger partial charge in [-0.15, -0.1) is 0 Å². The van der Waals surface area contributed by atoms with E-state index < -0.39 is 17.4 Å². The molecule has 72 valence electrons. The van der Waals surface area contributed by atoms with Gasteiger partial charge in [-0.25, -0.2) is 8.78 Å². The molecule has 0 amide bonds. The molecular formula is C9H11F2NO. The molecule has 0 spiro atoms. The van der Waals surface area contributed by atoms with Gasteiger partial charge in [0.2, 0.25) is 0 Å². The molecule has 0 aliphatic heterocycles. The number of hydrogen-bond donors (Lipinski definition) is 2. The SMILES string of the molecule is CC(N)Cc1cc(F)c(O)cc1F. The standard InChI is InChI=1S/C9H11F2NO/c1-5(12)2-6-3-8(11)9(13)4-7(6)10/h3-5,13H,2,12H2,1H3. The molecule has 0 fully saturated rings. The first-order chi connectivity index (χ1) is 6.00. The maximum atomic E-state index is 13.0. The molecule has 3 N–H and O–H groups in total. The Morgan fingerprint density at radius 3 is 2.54 bits per heavy atom. The van der Waals surface area contributed by atoms with Crippen LogP contribution < -0.4 is 5.73 Å². The maximum absolute atomic E-state index is 13.0. The number of phenols is 1. The van der Waals surface area contributed by atoms with E-state index in [0.717, 1.165) is 12.1 Å². The number of phenolic OH excluding ortho intramolecular Hbond substituents is 1. The number of benzene rings is 1. The van der Waals surface area contributed by atoms with Crippen LogP contribution in [0.3, 0.4) is 0 Å². The van der Waals surface area contributed by atoms with Crippen molar-refractivity contribution in [3.8, 4) is 5.75 Å². The van der Waals surface area contributed by atoms with Crippen LogP contribution in [0, 0.1) is 11.6 Å². The Morgan fingerprint density at radius 1 is 1.38 bits per heavy atom. The smallest absolute Gasteiger partial charge is 0.165 e. The van der Waals surface area contributed by atoms with Crippen LogP contribution in [-0.4, -0.2) is 11.1 Å². The third kappa shape index (κ3) is 2.39. The highest BCUT2D eigenvalue weighted by atomic mass is 19.1. The van der Waals surface area contributed by atoms with Crippen LogP contribution in [0.25, 0.3) is 0 Å². The van der Waals surface area contributed by atoms with E-state index in [0.29, 0.717) is 0 Å². The zero-order valence-corrected chi connectivity index (χ0v) is 7.22. The highest BCUT2D eigenvalue weighted by Crippen LogP contribution is 2.20. The first-order valence-electron chi connectivity index (χ1n) is 3.93. The average molecular weight is 187 g/mol. The van der Waals surface area contributed by atoms with Crippen molar-refractivity contribution in [1.29, 1.82) is 0 Å². The third-order valence-electron chi connectivity index (χ3n) is 1.66. The third-order valence-corrected chi connectivity index (χ3v) is 1.66. The molecule has 0 radical (unpaired) electrons. The fraction of sp³-hybridized carbons (Fsp3) is 0.333. The Morgan fingerprint density at radius 2 is 2.00 bits per heavy atom. The van der Waals surface area contributed by atoms with Gasteiger partial charge in [0.25, 0.3) is 0 Å². The second kappa shape index (κ2) is 3.70. The van der Waals surface area contributed by atoms with Crippen LogP contribution >= 0.6 is 0 Å². The van der Waals surface area contributed by atoms with Crippen molar-refractivity contribution in [3.63, 3.8) is 0 Å². The Labute approximate surface area is 75.0 Å². The van der Waals surface area contributed by atoms with Crippen molar-refractivity contribution >= 4 is 0 Å². The van der Waals surface area contributed by atoms with Crippen LogP contribution in [0.2, 0.25) is 0 Å². The van der Waals surface area contributed by atoms with Gasteiger partial charge in [-0.3, -0.25) is 0 Å². The van der Waals surface area contributed by atoms with E-state index in [9.17, 15) is 8.78 Å². The van der Waals surface area contributed by atoms with Crippen molar-refractivity contribution in [1.82, 2.24) is 0 Å². The van der Waals surface area contributed by atoms with E-state index in [1.165, 1.54) is 0 Å².